The molecule has 7 nitrogen and oxygen atoms in total. The fourth-order valence-electron chi connectivity index (χ4n) is 3.86. The third kappa shape index (κ3) is 3.91. The molecule has 1 atom stereocenters. The number of aryl methyl sites for hydroxylation is 1. The van der Waals surface area contributed by atoms with Crippen LogP contribution in [0.1, 0.15) is 48.8 Å². The van der Waals surface area contributed by atoms with Gasteiger partial charge in [-0.25, -0.2) is 4.98 Å². The van der Waals surface area contributed by atoms with Crippen LogP contribution >= 0.6 is 0 Å². The van der Waals surface area contributed by atoms with Crippen molar-refractivity contribution >= 4 is 11.7 Å². The summed E-state index contributed by atoms with van der Waals surface area (Å²) in [5, 5.41) is 7.14. The first-order valence-electron chi connectivity index (χ1n) is 9.94. The second-order valence-corrected chi connectivity index (χ2v) is 7.33. The molecule has 2 saturated heterocycles. The minimum atomic E-state index is -0.0225. The predicted octanol–water partition coefficient (Wildman–Crippen LogP) is 2.65. The molecular weight excluding hydrogens is 342 g/mol. The zero-order valence-electron chi connectivity index (χ0n) is 15.9. The minimum absolute atomic E-state index is 0.00597. The van der Waals surface area contributed by atoms with E-state index in [1.54, 1.807) is 0 Å². The van der Waals surface area contributed by atoms with Crippen LogP contribution in [0.3, 0.4) is 0 Å². The number of pyridine rings is 1. The number of aromatic nitrogens is 3. The molecular formula is C20H27N5O2. The van der Waals surface area contributed by atoms with E-state index in [1.165, 1.54) is 12.8 Å². The fourth-order valence-corrected chi connectivity index (χ4v) is 3.86. The Morgan fingerprint density at radius 3 is 3.00 bits per heavy atom. The molecule has 0 spiro atoms. The summed E-state index contributed by atoms with van der Waals surface area (Å²) >= 11 is 0. The Morgan fingerprint density at radius 2 is 2.19 bits per heavy atom. The lowest BCUT2D eigenvalue weighted by Gasteiger charge is -2.22. The first kappa shape index (κ1) is 17.8. The van der Waals surface area contributed by atoms with E-state index in [0.29, 0.717) is 18.8 Å². The number of nitrogens with zero attached hydrogens (tertiary/aromatic N) is 4. The van der Waals surface area contributed by atoms with E-state index in [0.717, 1.165) is 49.6 Å². The Labute approximate surface area is 159 Å². The number of H-pyrrole nitrogens is 1. The van der Waals surface area contributed by atoms with Gasteiger partial charge in [0.15, 0.2) is 11.6 Å². The summed E-state index contributed by atoms with van der Waals surface area (Å²) in [6.07, 6.45) is 6.97. The third-order valence-corrected chi connectivity index (χ3v) is 5.25. The molecule has 0 bridgehead atoms. The van der Waals surface area contributed by atoms with Crippen molar-refractivity contribution in [2.24, 2.45) is 0 Å². The van der Waals surface area contributed by atoms with E-state index in [1.807, 2.05) is 29.3 Å². The molecule has 2 aliphatic rings. The third-order valence-electron chi connectivity index (χ3n) is 5.25. The van der Waals surface area contributed by atoms with Crippen LogP contribution in [-0.2, 0) is 6.42 Å². The van der Waals surface area contributed by atoms with Gasteiger partial charge in [0, 0.05) is 37.9 Å². The number of carbonyl (C=O) groups is 1. The lowest BCUT2D eigenvalue weighted by molar-refractivity contribution is 0.0766. The van der Waals surface area contributed by atoms with Gasteiger partial charge in [0.1, 0.15) is 11.8 Å². The number of ether oxygens (including phenoxy) is 1. The van der Waals surface area contributed by atoms with E-state index in [4.69, 9.17) is 4.74 Å². The maximum atomic E-state index is 12.7. The molecule has 2 aromatic heterocycles. The summed E-state index contributed by atoms with van der Waals surface area (Å²) in [4.78, 5) is 21.4. The van der Waals surface area contributed by atoms with Crippen molar-refractivity contribution in [3.63, 3.8) is 0 Å². The van der Waals surface area contributed by atoms with Gasteiger partial charge >= 0.3 is 0 Å². The van der Waals surface area contributed by atoms with E-state index in [9.17, 15) is 4.79 Å². The SMILES string of the molecule is CCCc1cc(C(=O)N2CC[C@H](Oc3cccnc3N3CCCC3)C2)n[nH]1. The van der Waals surface area contributed by atoms with Crippen LogP contribution < -0.4 is 9.64 Å². The maximum Gasteiger partial charge on any atom is 0.274 e. The smallest absolute Gasteiger partial charge is 0.274 e. The number of hydrogen-bond acceptors (Lipinski definition) is 5. The lowest BCUT2D eigenvalue weighted by Crippen LogP contribution is -2.31. The molecule has 0 saturated carbocycles. The van der Waals surface area contributed by atoms with Crippen molar-refractivity contribution in [1.29, 1.82) is 0 Å². The Bertz CT molecular complexity index is 784. The molecule has 2 fully saturated rings. The Balaban J connectivity index is 1.39. The van der Waals surface area contributed by atoms with Gasteiger partial charge in [-0.2, -0.15) is 5.10 Å². The minimum Gasteiger partial charge on any atom is -0.485 e. The van der Waals surface area contributed by atoms with Gasteiger partial charge < -0.3 is 14.5 Å². The van der Waals surface area contributed by atoms with Crippen molar-refractivity contribution < 1.29 is 9.53 Å². The Hall–Kier alpha value is -2.57. The molecule has 0 aliphatic carbocycles. The summed E-state index contributed by atoms with van der Waals surface area (Å²) in [7, 11) is 0. The first-order chi connectivity index (χ1) is 13.2. The molecule has 1 amide bonds. The average Bonchev–Trinajstić information content (AvgIpc) is 3.44. The highest BCUT2D eigenvalue weighted by Crippen LogP contribution is 2.30. The number of likely N-dealkylation sites (tertiary alicyclic amines) is 1. The van der Waals surface area contributed by atoms with E-state index in [2.05, 4.69) is 27.0 Å². The zero-order chi connectivity index (χ0) is 18.6. The van der Waals surface area contributed by atoms with Crippen LogP contribution in [0.15, 0.2) is 24.4 Å². The highest BCUT2D eigenvalue weighted by atomic mass is 16.5. The quantitative estimate of drug-likeness (QED) is 0.847. The lowest BCUT2D eigenvalue weighted by atomic mass is 10.2. The summed E-state index contributed by atoms with van der Waals surface area (Å²) in [6, 6.07) is 5.76. The monoisotopic (exact) mass is 369 g/mol. The van der Waals surface area contributed by atoms with Crippen LogP contribution in [0.5, 0.6) is 5.75 Å². The maximum absolute atomic E-state index is 12.7. The van der Waals surface area contributed by atoms with Crippen molar-refractivity contribution in [2.45, 2.75) is 45.1 Å². The number of amides is 1. The van der Waals surface area contributed by atoms with Gasteiger partial charge in [0.25, 0.3) is 5.91 Å². The van der Waals surface area contributed by atoms with Gasteiger partial charge in [-0.15, -0.1) is 0 Å². The molecule has 7 heteroatoms. The molecule has 2 aliphatic heterocycles. The van der Waals surface area contributed by atoms with E-state index >= 15 is 0 Å². The number of anilines is 1. The van der Waals surface area contributed by atoms with Crippen LogP contribution in [-0.4, -0.2) is 58.3 Å². The molecule has 0 unspecified atom stereocenters. The fraction of sp³-hybridized carbons (Fsp3) is 0.550. The highest BCUT2D eigenvalue weighted by Gasteiger charge is 2.30. The number of hydrogen-bond donors (Lipinski definition) is 1. The highest BCUT2D eigenvalue weighted by molar-refractivity contribution is 5.92. The number of carbonyl (C=O) groups excluding carboxylic acids is 1. The summed E-state index contributed by atoms with van der Waals surface area (Å²) in [5.74, 6) is 1.73. The molecule has 4 rings (SSSR count). The predicted molar refractivity (Wildman–Crippen MR) is 103 cm³/mol. The van der Waals surface area contributed by atoms with Gasteiger partial charge in [0.05, 0.1) is 6.54 Å². The van der Waals surface area contributed by atoms with Gasteiger partial charge in [-0.1, -0.05) is 13.3 Å². The Kier molecular flexibility index (Phi) is 5.27. The summed E-state index contributed by atoms with van der Waals surface area (Å²) < 4.78 is 6.25. The number of rotatable bonds is 6. The van der Waals surface area contributed by atoms with Gasteiger partial charge in [-0.3, -0.25) is 9.89 Å². The van der Waals surface area contributed by atoms with Crippen LogP contribution in [0.25, 0.3) is 0 Å². The first-order valence-corrected chi connectivity index (χ1v) is 9.94. The normalized spacial score (nSPS) is 19.7. The van der Waals surface area contributed by atoms with Crippen LogP contribution in [0.4, 0.5) is 5.82 Å². The summed E-state index contributed by atoms with van der Waals surface area (Å²) in [6.45, 7) is 5.45. The molecule has 0 aromatic carbocycles. The molecule has 1 N–H and O–H groups in total. The second kappa shape index (κ2) is 7.98. The molecule has 4 heterocycles. The average molecular weight is 369 g/mol. The van der Waals surface area contributed by atoms with Crippen molar-refractivity contribution in [3.8, 4) is 5.75 Å². The summed E-state index contributed by atoms with van der Waals surface area (Å²) in [5.41, 5.74) is 1.51. The topological polar surface area (TPSA) is 74.4 Å². The zero-order valence-corrected chi connectivity index (χ0v) is 15.9. The molecule has 144 valence electrons. The number of nitrogens with one attached hydrogen (secondary N) is 1. The van der Waals surface area contributed by atoms with Crippen molar-refractivity contribution in [1.82, 2.24) is 20.1 Å². The molecule has 27 heavy (non-hydrogen) atoms. The van der Waals surface area contributed by atoms with E-state index in [-0.39, 0.29) is 12.0 Å². The van der Waals surface area contributed by atoms with E-state index < -0.39 is 0 Å². The molecule has 2 aromatic rings. The Morgan fingerprint density at radius 1 is 1.33 bits per heavy atom. The number of aromatic amines is 1. The second-order valence-electron chi connectivity index (χ2n) is 7.33. The van der Waals surface area contributed by atoms with Gasteiger partial charge in [0.2, 0.25) is 0 Å². The standard InChI is InChI=1S/C20H27N5O2/c1-2-6-15-13-17(23-22-15)20(26)25-12-8-16(14-25)27-18-7-5-9-21-19(18)24-10-3-4-11-24/h5,7,9,13,16H,2-4,6,8,10-12,14H2,1H3,(H,22,23)/t16-/m0/s1. The van der Waals surface area contributed by atoms with Crippen LogP contribution in [0.2, 0.25) is 0 Å². The largest absolute Gasteiger partial charge is 0.485 e. The van der Waals surface area contributed by atoms with Gasteiger partial charge in [-0.05, 0) is 37.5 Å². The van der Waals surface area contributed by atoms with Crippen molar-refractivity contribution in [2.75, 3.05) is 31.1 Å². The van der Waals surface area contributed by atoms with Crippen molar-refractivity contribution in [3.05, 3.63) is 35.8 Å². The van der Waals surface area contributed by atoms with Crippen LogP contribution in [0, 0.1) is 0 Å². The molecule has 0 radical (unpaired) electrons.